The van der Waals surface area contributed by atoms with Crippen molar-refractivity contribution in [3.05, 3.63) is 12.1 Å². The Kier molecular flexibility index (Phi) is 6.86. The van der Waals surface area contributed by atoms with E-state index in [2.05, 4.69) is 10.2 Å². The van der Waals surface area contributed by atoms with Crippen LogP contribution >= 0.6 is 11.8 Å². The van der Waals surface area contributed by atoms with E-state index in [1.165, 1.54) is 7.11 Å². The third-order valence-corrected chi connectivity index (χ3v) is 4.89. The van der Waals surface area contributed by atoms with Gasteiger partial charge in [0.1, 0.15) is 6.04 Å². The second kappa shape index (κ2) is 8.89. The zero-order valence-corrected chi connectivity index (χ0v) is 15.3. The molecule has 1 aromatic carbocycles. The molecule has 1 atom stereocenters. The number of nitrogens with zero attached hydrogens (tertiary/aromatic N) is 1. The maximum Gasteiger partial charge on any atom is 0.323 e. The van der Waals surface area contributed by atoms with Crippen molar-refractivity contribution < 1.29 is 23.7 Å². The van der Waals surface area contributed by atoms with Gasteiger partial charge < -0.3 is 24.3 Å². The van der Waals surface area contributed by atoms with Gasteiger partial charge in [-0.1, -0.05) is 0 Å². The highest BCUT2D eigenvalue weighted by molar-refractivity contribution is 7.99. The molecule has 0 aromatic heterocycles. The van der Waals surface area contributed by atoms with Crippen LogP contribution in [0, 0.1) is 0 Å². The van der Waals surface area contributed by atoms with Crippen LogP contribution in [-0.4, -0.2) is 70.1 Å². The molecule has 0 spiro atoms. The summed E-state index contributed by atoms with van der Waals surface area (Å²) < 4.78 is 20.9. The van der Waals surface area contributed by atoms with Gasteiger partial charge in [0, 0.05) is 35.9 Å². The summed E-state index contributed by atoms with van der Waals surface area (Å²) in [5.41, 5.74) is 0.825. The van der Waals surface area contributed by atoms with Gasteiger partial charge in [0.05, 0.1) is 35.1 Å². The first-order chi connectivity index (χ1) is 11.6. The summed E-state index contributed by atoms with van der Waals surface area (Å²) >= 11 is 1.76. The van der Waals surface area contributed by atoms with Crippen molar-refractivity contribution in [3.8, 4) is 17.2 Å². The number of carbonyl (C=O) groups excluding carboxylic acids is 1. The molecule has 1 saturated heterocycles. The van der Waals surface area contributed by atoms with Crippen molar-refractivity contribution in [1.29, 1.82) is 0 Å². The Balaban J connectivity index is 2.11. The van der Waals surface area contributed by atoms with Crippen molar-refractivity contribution in [2.45, 2.75) is 6.04 Å². The number of benzene rings is 1. The SMILES string of the molecule is COC(=O)C1CSCCN1CNc1cc(OC)c(OC)c(OC)c1. The van der Waals surface area contributed by atoms with Gasteiger partial charge in [0.25, 0.3) is 0 Å². The van der Waals surface area contributed by atoms with Crippen LogP contribution in [0.15, 0.2) is 12.1 Å². The van der Waals surface area contributed by atoms with Gasteiger partial charge in [-0.15, -0.1) is 0 Å². The molecule has 0 aliphatic carbocycles. The fourth-order valence-corrected chi connectivity index (χ4v) is 3.66. The first-order valence-electron chi connectivity index (χ1n) is 7.58. The van der Waals surface area contributed by atoms with E-state index in [4.69, 9.17) is 18.9 Å². The van der Waals surface area contributed by atoms with E-state index in [1.807, 2.05) is 12.1 Å². The van der Waals surface area contributed by atoms with Crippen LogP contribution < -0.4 is 19.5 Å². The van der Waals surface area contributed by atoms with Crippen LogP contribution in [0.1, 0.15) is 0 Å². The summed E-state index contributed by atoms with van der Waals surface area (Å²) in [6.45, 7) is 1.35. The molecule has 2 rings (SSSR count). The highest BCUT2D eigenvalue weighted by Gasteiger charge is 2.29. The number of thioether (sulfide) groups is 1. The number of anilines is 1. The average Bonchev–Trinajstić information content (AvgIpc) is 2.64. The quantitative estimate of drug-likeness (QED) is 0.740. The third-order valence-electron chi connectivity index (χ3n) is 3.86. The van der Waals surface area contributed by atoms with Gasteiger partial charge in [0.2, 0.25) is 5.75 Å². The maximum atomic E-state index is 11.9. The normalized spacial score (nSPS) is 17.9. The monoisotopic (exact) mass is 356 g/mol. The molecule has 8 heteroatoms. The Morgan fingerprint density at radius 2 is 1.88 bits per heavy atom. The number of rotatable bonds is 7. The van der Waals surface area contributed by atoms with Crippen molar-refractivity contribution in [3.63, 3.8) is 0 Å². The van der Waals surface area contributed by atoms with E-state index in [0.717, 1.165) is 23.7 Å². The summed E-state index contributed by atoms with van der Waals surface area (Å²) in [4.78, 5) is 14.0. The molecule has 0 saturated carbocycles. The minimum absolute atomic E-state index is 0.200. The molecular weight excluding hydrogens is 332 g/mol. The molecule has 1 unspecified atom stereocenters. The molecule has 1 aromatic rings. The van der Waals surface area contributed by atoms with E-state index in [9.17, 15) is 4.79 Å². The second-order valence-electron chi connectivity index (χ2n) is 5.18. The summed E-state index contributed by atoms with van der Waals surface area (Å²) in [7, 11) is 6.15. The summed E-state index contributed by atoms with van der Waals surface area (Å²) in [6.07, 6.45) is 0. The molecule has 0 amide bonds. The highest BCUT2D eigenvalue weighted by atomic mass is 32.2. The average molecular weight is 356 g/mol. The Morgan fingerprint density at radius 1 is 1.21 bits per heavy atom. The van der Waals surface area contributed by atoms with Gasteiger partial charge in [-0.25, -0.2) is 0 Å². The topological polar surface area (TPSA) is 69.3 Å². The van der Waals surface area contributed by atoms with E-state index >= 15 is 0 Å². The standard InChI is InChI=1S/C16H24N2O5S/c1-20-13-7-11(8-14(21-2)15(13)22-3)17-10-18-5-6-24-9-12(18)16(19)23-4/h7-8,12,17H,5-6,9-10H2,1-4H3. The van der Waals surface area contributed by atoms with Gasteiger partial charge in [-0.2, -0.15) is 11.8 Å². The lowest BCUT2D eigenvalue weighted by atomic mass is 10.2. The Morgan fingerprint density at radius 3 is 2.42 bits per heavy atom. The van der Waals surface area contributed by atoms with Crippen molar-refractivity contribution in [1.82, 2.24) is 4.90 Å². The molecular formula is C16H24N2O5S. The Labute approximate surface area is 146 Å². The highest BCUT2D eigenvalue weighted by Crippen LogP contribution is 2.39. The van der Waals surface area contributed by atoms with Crippen LogP contribution in [0.5, 0.6) is 17.2 Å². The van der Waals surface area contributed by atoms with Crippen LogP contribution in [0.3, 0.4) is 0 Å². The zero-order chi connectivity index (χ0) is 17.5. The number of methoxy groups -OCH3 is 4. The fraction of sp³-hybridized carbons (Fsp3) is 0.562. The minimum Gasteiger partial charge on any atom is -0.493 e. The lowest BCUT2D eigenvalue weighted by molar-refractivity contribution is -0.146. The number of hydrogen-bond donors (Lipinski definition) is 1. The summed E-state index contributed by atoms with van der Waals surface area (Å²) in [5.74, 6) is 3.24. The van der Waals surface area contributed by atoms with Gasteiger partial charge in [-0.05, 0) is 0 Å². The van der Waals surface area contributed by atoms with E-state index in [1.54, 1.807) is 33.1 Å². The van der Waals surface area contributed by atoms with Crippen LogP contribution in [0.4, 0.5) is 5.69 Å². The molecule has 7 nitrogen and oxygen atoms in total. The van der Waals surface area contributed by atoms with Gasteiger partial charge in [-0.3, -0.25) is 9.69 Å². The first-order valence-corrected chi connectivity index (χ1v) is 8.73. The number of esters is 1. The molecule has 0 radical (unpaired) electrons. The number of carbonyl (C=O) groups is 1. The summed E-state index contributed by atoms with van der Waals surface area (Å²) in [5, 5.41) is 3.32. The Bertz CT molecular complexity index is 544. The molecule has 1 aliphatic rings. The predicted molar refractivity (Wildman–Crippen MR) is 94.4 cm³/mol. The molecule has 1 N–H and O–H groups in total. The largest absolute Gasteiger partial charge is 0.493 e. The van der Waals surface area contributed by atoms with Crippen LogP contribution in [0.25, 0.3) is 0 Å². The van der Waals surface area contributed by atoms with Gasteiger partial charge >= 0.3 is 5.97 Å². The van der Waals surface area contributed by atoms with Crippen molar-refractivity contribution in [2.24, 2.45) is 0 Å². The van der Waals surface area contributed by atoms with Gasteiger partial charge in [0.15, 0.2) is 11.5 Å². The van der Waals surface area contributed by atoms with E-state index in [-0.39, 0.29) is 12.0 Å². The van der Waals surface area contributed by atoms with Crippen LogP contribution in [0.2, 0.25) is 0 Å². The first kappa shape index (κ1) is 18.5. The molecule has 134 valence electrons. The predicted octanol–water partition coefficient (Wildman–Crippen LogP) is 1.67. The molecule has 1 aliphatic heterocycles. The van der Waals surface area contributed by atoms with Crippen molar-refractivity contribution >= 4 is 23.4 Å². The van der Waals surface area contributed by atoms with Crippen molar-refractivity contribution in [2.75, 3.05) is 58.5 Å². The second-order valence-corrected chi connectivity index (χ2v) is 6.32. The number of hydrogen-bond acceptors (Lipinski definition) is 8. The fourth-order valence-electron chi connectivity index (χ4n) is 2.56. The number of nitrogens with one attached hydrogen (secondary N) is 1. The number of ether oxygens (including phenoxy) is 4. The van der Waals surface area contributed by atoms with E-state index < -0.39 is 0 Å². The maximum absolute atomic E-state index is 11.9. The zero-order valence-electron chi connectivity index (χ0n) is 14.5. The van der Waals surface area contributed by atoms with Crippen LogP contribution in [-0.2, 0) is 9.53 Å². The minimum atomic E-state index is -0.233. The third kappa shape index (κ3) is 4.18. The lowest BCUT2D eigenvalue weighted by Gasteiger charge is -2.33. The Hall–Kier alpha value is -1.80. The summed E-state index contributed by atoms with van der Waals surface area (Å²) in [6, 6.07) is 3.45. The smallest absolute Gasteiger partial charge is 0.323 e. The van der Waals surface area contributed by atoms with E-state index in [0.29, 0.717) is 23.9 Å². The molecule has 1 fully saturated rings. The molecule has 1 heterocycles. The lowest BCUT2D eigenvalue weighted by Crippen LogP contribution is -2.49. The molecule has 0 bridgehead atoms. The molecule has 24 heavy (non-hydrogen) atoms.